The summed E-state index contributed by atoms with van der Waals surface area (Å²) in [5, 5.41) is 7.13. The van der Waals surface area contributed by atoms with Gasteiger partial charge in [0.25, 0.3) is 0 Å². The molecule has 2 aromatic rings. The second-order valence-electron chi connectivity index (χ2n) is 5.50. The number of aryl methyl sites for hydroxylation is 2. The quantitative estimate of drug-likeness (QED) is 0.908. The molecule has 3 rings (SSSR count). The summed E-state index contributed by atoms with van der Waals surface area (Å²) in [5.74, 6) is 0.690. The van der Waals surface area contributed by atoms with Gasteiger partial charge in [-0.25, -0.2) is 0 Å². The molecule has 1 atom stereocenters. The van der Waals surface area contributed by atoms with Gasteiger partial charge in [0.2, 0.25) is 5.89 Å². The molecule has 1 unspecified atom stereocenters. The van der Waals surface area contributed by atoms with E-state index in [0.29, 0.717) is 11.9 Å². The van der Waals surface area contributed by atoms with Crippen molar-refractivity contribution in [3.8, 4) is 0 Å². The molecule has 0 spiro atoms. The molecule has 1 N–H and O–H groups in total. The van der Waals surface area contributed by atoms with Crippen LogP contribution in [0.2, 0.25) is 0 Å². The van der Waals surface area contributed by atoms with Crippen LogP contribution in [0.1, 0.15) is 48.4 Å². The van der Waals surface area contributed by atoms with E-state index in [0.717, 1.165) is 13.0 Å². The van der Waals surface area contributed by atoms with E-state index in [4.69, 9.17) is 4.52 Å². The molecule has 1 aromatic heterocycles. The summed E-state index contributed by atoms with van der Waals surface area (Å²) in [6.07, 6.45) is 7.36. The Labute approximate surface area is 119 Å². The van der Waals surface area contributed by atoms with Crippen LogP contribution >= 0.6 is 0 Å². The van der Waals surface area contributed by atoms with Crippen LogP contribution in [0.15, 0.2) is 29.0 Å². The van der Waals surface area contributed by atoms with Crippen molar-refractivity contribution >= 4 is 0 Å². The van der Waals surface area contributed by atoms with Gasteiger partial charge in [0.05, 0.1) is 0 Å². The number of hydrogen-bond donors (Lipinski definition) is 1. The van der Waals surface area contributed by atoms with Gasteiger partial charge < -0.3 is 9.84 Å². The van der Waals surface area contributed by atoms with Crippen LogP contribution in [0, 0.1) is 0 Å². The van der Waals surface area contributed by atoms with Crippen LogP contribution in [-0.4, -0.2) is 16.7 Å². The highest BCUT2D eigenvalue weighted by atomic mass is 16.5. The van der Waals surface area contributed by atoms with Crippen molar-refractivity contribution in [2.24, 2.45) is 0 Å². The summed E-state index contributed by atoms with van der Waals surface area (Å²) >= 11 is 0. The molecule has 20 heavy (non-hydrogen) atoms. The number of aromatic nitrogens is 2. The Bertz CT molecular complexity index is 551. The number of nitrogens with zero attached hydrogens (tertiary/aromatic N) is 2. The fourth-order valence-corrected chi connectivity index (χ4v) is 2.84. The molecule has 1 heterocycles. The summed E-state index contributed by atoms with van der Waals surface area (Å²) in [7, 11) is 0. The molecule has 0 fully saturated rings. The zero-order chi connectivity index (χ0) is 13.8. The lowest BCUT2D eigenvalue weighted by atomic mass is 9.89. The number of rotatable bonds is 5. The van der Waals surface area contributed by atoms with Gasteiger partial charge >= 0.3 is 0 Å². The average molecular weight is 271 g/mol. The monoisotopic (exact) mass is 271 g/mol. The maximum atomic E-state index is 4.99. The minimum Gasteiger partial charge on any atom is -0.340 e. The lowest BCUT2D eigenvalue weighted by Gasteiger charge is -2.19. The van der Waals surface area contributed by atoms with Crippen molar-refractivity contribution in [3.63, 3.8) is 0 Å². The lowest BCUT2D eigenvalue weighted by Crippen LogP contribution is -2.21. The van der Waals surface area contributed by atoms with E-state index in [2.05, 4.69) is 40.6 Å². The number of hydrogen-bond acceptors (Lipinski definition) is 4. The number of nitrogens with one attached hydrogen (secondary N) is 1. The molecule has 106 valence electrons. The van der Waals surface area contributed by atoms with Crippen LogP contribution in [0.3, 0.4) is 0 Å². The summed E-state index contributed by atoms with van der Waals surface area (Å²) < 4.78 is 4.99. The molecule has 0 saturated carbocycles. The van der Waals surface area contributed by atoms with Crippen molar-refractivity contribution in [1.29, 1.82) is 0 Å². The van der Waals surface area contributed by atoms with Crippen LogP contribution in [0.5, 0.6) is 0 Å². The third-order valence-corrected chi connectivity index (χ3v) is 4.07. The lowest BCUT2D eigenvalue weighted by molar-refractivity contribution is 0.372. The molecule has 0 amide bonds. The Morgan fingerprint density at radius 3 is 2.90 bits per heavy atom. The van der Waals surface area contributed by atoms with Crippen molar-refractivity contribution in [3.05, 3.63) is 47.1 Å². The van der Waals surface area contributed by atoms with E-state index in [1.54, 1.807) is 5.56 Å². The normalized spacial score (nSPS) is 15.8. The molecular weight excluding hydrogens is 250 g/mol. The van der Waals surface area contributed by atoms with Gasteiger partial charge in [-0.3, -0.25) is 0 Å². The molecule has 1 aliphatic rings. The van der Waals surface area contributed by atoms with E-state index < -0.39 is 0 Å². The second kappa shape index (κ2) is 6.18. The van der Waals surface area contributed by atoms with Gasteiger partial charge in [-0.15, -0.1) is 0 Å². The second-order valence-corrected chi connectivity index (χ2v) is 5.50. The first-order chi connectivity index (χ1) is 9.83. The third-order valence-electron chi connectivity index (χ3n) is 4.07. The SMILES string of the molecule is CC(NCCc1ncno1)c1ccc2c(c1)CCCC2. The molecule has 4 nitrogen and oxygen atoms in total. The van der Waals surface area contributed by atoms with Crippen LogP contribution in [0.25, 0.3) is 0 Å². The van der Waals surface area contributed by atoms with Crippen LogP contribution < -0.4 is 5.32 Å². The Kier molecular flexibility index (Phi) is 4.11. The molecule has 1 aromatic carbocycles. The molecule has 0 aliphatic heterocycles. The highest BCUT2D eigenvalue weighted by Gasteiger charge is 2.12. The van der Waals surface area contributed by atoms with E-state index >= 15 is 0 Å². The minimum atomic E-state index is 0.352. The smallest absolute Gasteiger partial charge is 0.227 e. The van der Waals surface area contributed by atoms with Gasteiger partial charge in [0, 0.05) is 19.0 Å². The van der Waals surface area contributed by atoms with E-state index in [9.17, 15) is 0 Å². The fourth-order valence-electron chi connectivity index (χ4n) is 2.84. The first kappa shape index (κ1) is 13.3. The predicted octanol–water partition coefficient (Wildman–Crippen LogP) is 2.84. The van der Waals surface area contributed by atoms with Gasteiger partial charge in [-0.05, 0) is 49.3 Å². The van der Waals surface area contributed by atoms with Crippen molar-refractivity contribution < 1.29 is 4.52 Å². The first-order valence-corrected chi connectivity index (χ1v) is 7.43. The summed E-state index contributed by atoms with van der Waals surface area (Å²) in [6, 6.07) is 7.29. The number of fused-ring (bicyclic) bond motifs is 1. The molecule has 0 bridgehead atoms. The topological polar surface area (TPSA) is 51.0 Å². The van der Waals surface area contributed by atoms with E-state index in [1.165, 1.54) is 43.1 Å². The van der Waals surface area contributed by atoms with Gasteiger partial charge in [0.1, 0.15) is 0 Å². The van der Waals surface area contributed by atoms with Gasteiger partial charge in [-0.2, -0.15) is 4.98 Å². The maximum Gasteiger partial charge on any atom is 0.227 e. The third kappa shape index (κ3) is 3.07. The molecule has 4 heteroatoms. The Morgan fingerprint density at radius 1 is 1.25 bits per heavy atom. The molecule has 0 radical (unpaired) electrons. The van der Waals surface area contributed by atoms with Crippen molar-refractivity contribution in [2.45, 2.75) is 45.1 Å². The van der Waals surface area contributed by atoms with Crippen molar-refractivity contribution in [1.82, 2.24) is 15.5 Å². The highest BCUT2D eigenvalue weighted by molar-refractivity contribution is 5.35. The summed E-state index contributed by atoms with van der Waals surface area (Å²) in [4.78, 5) is 4.03. The predicted molar refractivity (Wildman–Crippen MR) is 77.5 cm³/mol. The van der Waals surface area contributed by atoms with Crippen LogP contribution in [-0.2, 0) is 19.3 Å². The average Bonchev–Trinajstić information content (AvgIpc) is 3.00. The summed E-state index contributed by atoms with van der Waals surface area (Å²) in [5.41, 5.74) is 4.45. The Balaban J connectivity index is 1.57. The maximum absolute atomic E-state index is 4.99. The largest absolute Gasteiger partial charge is 0.340 e. The van der Waals surface area contributed by atoms with Gasteiger partial charge in [-0.1, -0.05) is 23.4 Å². The zero-order valence-electron chi connectivity index (χ0n) is 11.9. The molecule has 1 aliphatic carbocycles. The van der Waals surface area contributed by atoms with Crippen molar-refractivity contribution in [2.75, 3.05) is 6.54 Å². The minimum absolute atomic E-state index is 0.352. The zero-order valence-corrected chi connectivity index (χ0v) is 11.9. The highest BCUT2D eigenvalue weighted by Crippen LogP contribution is 2.24. The van der Waals surface area contributed by atoms with Gasteiger partial charge in [0.15, 0.2) is 6.33 Å². The Morgan fingerprint density at radius 2 is 2.10 bits per heavy atom. The summed E-state index contributed by atoms with van der Waals surface area (Å²) in [6.45, 7) is 3.05. The molecular formula is C16H21N3O. The number of benzene rings is 1. The van der Waals surface area contributed by atoms with E-state index in [1.807, 2.05) is 0 Å². The fraction of sp³-hybridized carbons (Fsp3) is 0.500. The van der Waals surface area contributed by atoms with E-state index in [-0.39, 0.29) is 0 Å². The first-order valence-electron chi connectivity index (χ1n) is 7.43. The van der Waals surface area contributed by atoms with Crippen LogP contribution in [0.4, 0.5) is 0 Å². The standard InChI is InChI=1S/C16H21N3O/c1-12(17-9-8-16-18-11-19-20-16)14-7-6-13-4-2-3-5-15(13)10-14/h6-7,10-12,17H,2-5,8-9H2,1H3. The Hall–Kier alpha value is -1.68. The molecule has 0 saturated heterocycles.